The summed E-state index contributed by atoms with van der Waals surface area (Å²) in [6.45, 7) is 9.30. The Hall–Kier alpha value is -1.06. The molecule has 1 aromatic carbocycles. The topological polar surface area (TPSA) is 30.5 Å². The van der Waals surface area contributed by atoms with Gasteiger partial charge in [0.1, 0.15) is 11.4 Å². The minimum Gasteiger partial charge on any atom is -0.487 e. The summed E-state index contributed by atoms with van der Waals surface area (Å²) < 4.78 is 11.5. The standard InChI is InChI=1S/C18H27NO2/c1-4-19-17(13-7-9-20-10-8-13)14-5-6-16-15(11-14)12-18(2,3)21-16/h5-6,11,13,17,19H,4,7-10,12H2,1-3H3. The molecule has 3 rings (SSSR count). The van der Waals surface area contributed by atoms with Crippen molar-refractivity contribution in [1.29, 1.82) is 0 Å². The van der Waals surface area contributed by atoms with Crippen molar-refractivity contribution >= 4 is 0 Å². The molecule has 2 heterocycles. The van der Waals surface area contributed by atoms with Crippen LogP contribution in [0, 0.1) is 5.92 Å². The molecule has 1 saturated heterocycles. The summed E-state index contributed by atoms with van der Waals surface area (Å²) in [5, 5.41) is 3.68. The molecule has 0 amide bonds. The Morgan fingerprint density at radius 3 is 2.76 bits per heavy atom. The van der Waals surface area contributed by atoms with E-state index in [2.05, 4.69) is 44.3 Å². The lowest BCUT2D eigenvalue weighted by Gasteiger charge is -2.31. The number of nitrogens with one attached hydrogen (secondary N) is 1. The first-order valence-corrected chi connectivity index (χ1v) is 8.22. The van der Waals surface area contributed by atoms with Crippen molar-refractivity contribution in [3.8, 4) is 5.75 Å². The predicted octanol–water partition coefficient (Wildman–Crippen LogP) is 3.48. The third kappa shape index (κ3) is 3.24. The molecule has 1 N–H and O–H groups in total. The van der Waals surface area contributed by atoms with Crippen LogP contribution in [0.1, 0.15) is 50.8 Å². The minimum atomic E-state index is -0.0622. The average Bonchev–Trinajstić information content (AvgIpc) is 2.78. The monoisotopic (exact) mass is 289 g/mol. The third-order valence-corrected chi connectivity index (χ3v) is 4.61. The van der Waals surface area contributed by atoms with Crippen molar-refractivity contribution < 1.29 is 9.47 Å². The Bertz CT molecular complexity index is 492. The van der Waals surface area contributed by atoms with E-state index >= 15 is 0 Å². The molecule has 0 bridgehead atoms. The maximum Gasteiger partial charge on any atom is 0.123 e. The number of fused-ring (bicyclic) bond motifs is 1. The summed E-state index contributed by atoms with van der Waals surface area (Å²) in [6, 6.07) is 7.19. The SMILES string of the molecule is CCNC(c1ccc2c(c1)CC(C)(C)O2)C1CCOCC1. The van der Waals surface area contributed by atoms with Crippen LogP contribution in [0.15, 0.2) is 18.2 Å². The maximum absolute atomic E-state index is 5.99. The fraction of sp³-hybridized carbons (Fsp3) is 0.667. The van der Waals surface area contributed by atoms with Crippen molar-refractivity contribution in [3.63, 3.8) is 0 Å². The molecule has 3 nitrogen and oxygen atoms in total. The lowest BCUT2D eigenvalue weighted by atomic mass is 9.86. The van der Waals surface area contributed by atoms with E-state index in [0.717, 1.165) is 44.8 Å². The molecule has 2 aliphatic rings. The molecule has 2 aliphatic heterocycles. The summed E-state index contributed by atoms with van der Waals surface area (Å²) in [4.78, 5) is 0. The third-order valence-electron chi connectivity index (χ3n) is 4.61. The first-order valence-electron chi connectivity index (χ1n) is 8.22. The maximum atomic E-state index is 5.99. The van der Waals surface area contributed by atoms with E-state index < -0.39 is 0 Å². The second kappa shape index (κ2) is 5.98. The first kappa shape index (κ1) is 14.9. The molecule has 1 atom stereocenters. The van der Waals surface area contributed by atoms with E-state index in [9.17, 15) is 0 Å². The van der Waals surface area contributed by atoms with Crippen LogP contribution in [0.25, 0.3) is 0 Å². The van der Waals surface area contributed by atoms with Gasteiger partial charge in [-0.1, -0.05) is 19.1 Å². The summed E-state index contributed by atoms with van der Waals surface area (Å²) in [5.74, 6) is 1.73. The van der Waals surface area contributed by atoms with Crippen LogP contribution in [0.2, 0.25) is 0 Å². The number of rotatable bonds is 4. The molecule has 116 valence electrons. The highest BCUT2D eigenvalue weighted by atomic mass is 16.5. The van der Waals surface area contributed by atoms with E-state index in [-0.39, 0.29) is 5.60 Å². The van der Waals surface area contributed by atoms with E-state index in [1.165, 1.54) is 11.1 Å². The van der Waals surface area contributed by atoms with Crippen molar-refractivity contribution in [1.82, 2.24) is 5.32 Å². The number of hydrogen-bond donors (Lipinski definition) is 1. The van der Waals surface area contributed by atoms with Gasteiger partial charge in [0.2, 0.25) is 0 Å². The van der Waals surface area contributed by atoms with Gasteiger partial charge in [-0.3, -0.25) is 0 Å². The summed E-state index contributed by atoms with van der Waals surface area (Å²) in [7, 11) is 0. The molecule has 1 unspecified atom stereocenters. The zero-order valence-corrected chi connectivity index (χ0v) is 13.4. The van der Waals surface area contributed by atoms with Crippen LogP contribution >= 0.6 is 0 Å². The molecule has 3 heteroatoms. The van der Waals surface area contributed by atoms with Gasteiger partial charge >= 0.3 is 0 Å². The van der Waals surface area contributed by atoms with Gasteiger partial charge in [-0.05, 0) is 56.3 Å². The van der Waals surface area contributed by atoms with Gasteiger partial charge in [-0.25, -0.2) is 0 Å². The highest BCUT2D eigenvalue weighted by Gasteiger charge is 2.31. The van der Waals surface area contributed by atoms with Crippen molar-refractivity contribution in [3.05, 3.63) is 29.3 Å². The Morgan fingerprint density at radius 2 is 2.05 bits per heavy atom. The quantitative estimate of drug-likeness (QED) is 0.920. The number of benzene rings is 1. The first-order chi connectivity index (χ1) is 10.1. The van der Waals surface area contributed by atoms with Gasteiger partial charge in [0.15, 0.2) is 0 Å². The highest BCUT2D eigenvalue weighted by molar-refractivity contribution is 5.42. The molecule has 1 fully saturated rings. The minimum absolute atomic E-state index is 0.0622. The van der Waals surface area contributed by atoms with E-state index in [0.29, 0.717) is 12.0 Å². The largest absolute Gasteiger partial charge is 0.487 e. The van der Waals surface area contributed by atoms with Crippen LogP contribution in [-0.4, -0.2) is 25.4 Å². The molecular weight excluding hydrogens is 262 g/mol. The Labute approximate surface area is 128 Å². The van der Waals surface area contributed by atoms with E-state index in [4.69, 9.17) is 9.47 Å². The Morgan fingerprint density at radius 1 is 1.29 bits per heavy atom. The van der Waals surface area contributed by atoms with Crippen molar-refractivity contribution in [2.75, 3.05) is 19.8 Å². The molecule has 0 aromatic heterocycles. The summed E-state index contributed by atoms with van der Waals surface area (Å²) >= 11 is 0. The van der Waals surface area contributed by atoms with Crippen LogP contribution in [-0.2, 0) is 11.2 Å². The fourth-order valence-corrected chi connectivity index (χ4v) is 3.65. The molecule has 21 heavy (non-hydrogen) atoms. The zero-order valence-electron chi connectivity index (χ0n) is 13.4. The molecule has 0 radical (unpaired) electrons. The average molecular weight is 289 g/mol. The zero-order chi connectivity index (χ0) is 14.9. The smallest absolute Gasteiger partial charge is 0.123 e. The second-order valence-electron chi connectivity index (χ2n) is 6.89. The predicted molar refractivity (Wildman–Crippen MR) is 84.8 cm³/mol. The van der Waals surface area contributed by atoms with Gasteiger partial charge in [-0.2, -0.15) is 0 Å². The van der Waals surface area contributed by atoms with E-state index in [1.54, 1.807) is 0 Å². The van der Waals surface area contributed by atoms with Crippen LogP contribution < -0.4 is 10.1 Å². The van der Waals surface area contributed by atoms with Crippen molar-refractivity contribution in [2.45, 2.75) is 51.7 Å². The molecule has 0 spiro atoms. The van der Waals surface area contributed by atoms with Gasteiger partial charge in [-0.15, -0.1) is 0 Å². The van der Waals surface area contributed by atoms with Gasteiger partial charge in [0, 0.05) is 25.7 Å². The molecule has 0 aliphatic carbocycles. The summed E-state index contributed by atoms with van der Waals surface area (Å²) in [5.41, 5.74) is 2.70. The second-order valence-corrected chi connectivity index (χ2v) is 6.89. The lowest BCUT2D eigenvalue weighted by molar-refractivity contribution is 0.0538. The van der Waals surface area contributed by atoms with Crippen LogP contribution in [0.3, 0.4) is 0 Å². The van der Waals surface area contributed by atoms with Gasteiger partial charge in [0.25, 0.3) is 0 Å². The van der Waals surface area contributed by atoms with E-state index in [1.807, 2.05) is 0 Å². The Balaban J connectivity index is 1.83. The molecule has 1 aromatic rings. The fourth-order valence-electron chi connectivity index (χ4n) is 3.65. The summed E-state index contributed by atoms with van der Waals surface area (Å²) in [6.07, 6.45) is 3.30. The van der Waals surface area contributed by atoms with Gasteiger partial charge in [0.05, 0.1) is 0 Å². The van der Waals surface area contributed by atoms with Crippen LogP contribution in [0.5, 0.6) is 5.75 Å². The van der Waals surface area contributed by atoms with Gasteiger partial charge < -0.3 is 14.8 Å². The number of ether oxygens (including phenoxy) is 2. The number of hydrogen-bond acceptors (Lipinski definition) is 3. The van der Waals surface area contributed by atoms with Crippen LogP contribution in [0.4, 0.5) is 0 Å². The molecular formula is C18H27NO2. The van der Waals surface area contributed by atoms with Crippen molar-refractivity contribution in [2.24, 2.45) is 5.92 Å². The lowest BCUT2D eigenvalue weighted by Crippen LogP contribution is -2.32. The Kier molecular flexibility index (Phi) is 4.23. The molecule has 0 saturated carbocycles. The highest BCUT2D eigenvalue weighted by Crippen LogP contribution is 2.38. The normalized spacial score (nSPS) is 22.6.